The smallest absolute Gasteiger partial charge is 0.422 e. The Morgan fingerprint density at radius 3 is 2.33 bits per heavy atom. The van der Waals surface area contributed by atoms with Gasteiger partial charge < -0.3 is 20.7 Å². The number of carbonyl (C=O) groups excluding carboxylic acids is 1. The van der Waals surface area contributed by atoms with Crippen LogP contribution in [0.15, 0.2) is 63.5 Å². The van der Waals surface area contributed by atoms with Crippen molar-refractivity contribution in [1.29, 1.82) is 0 Å². The van der Waals surface area contributed by atoms with Crippen LogP contribution in [0.2, 0.25) is 5.02 Å². The van der Waals surface area contributed by atoms with E-state index in [1.807, 2.05) is 12.1 Å². The summed E-state index contributed by atoms with van der Waals surface area (Å²) >= 11 is 5.96. The van der Waals surface area contributed by atoms with Gasteiger partial charge in [-0.05, 0) is 68.6 Å². The molecule has 8 nitrogen and oxygen atoms in total. The molecule has 2 aromatic carbocycles. The fraction of sp³-hybridized carbons (Fsp3) is 0.333. The van der Waals surface area contributed by atoms with E-state index in [1.165, 1.54) is 24.3 Å². The molecule has 0 aromatic heterocycles. The number of carbonyl (C=O) groups is 1. The first-order chi connectivity index (χ1) is 17.1. The number of benzene rings is 2. The Bertz CT molecular complexity index is 1110. The van der Waals surface area contributed by atoms with Crippen molar-refractivity contribution in [3.8, 4) is 0 Å². The minimum Gasteiger partial charge on any atom is -0.455 e. The third-order valence-electron chi connectivity index (χ3n) is 5.19. The molecule has 12 heteroatoms. The molecule has 0 unspecified atom stereocenters. The van der Waals surface area contributed by atoms with Crippen LogP contribution >= 0.6 is 11.6 Å². The predicted molar refractivity (Wildman–Crippen MR) is 135 cm³/mol. The molecule has 1 amide bonds. The molecule has 1 saturated carbocycles. The van der Waals surface area contributed by atoms with Gasteiger partial charge in [-0.1, -0.05) is 23.7 Å². The van der Waals surface area contributed by atoms with Crippen molar-refractivity contribution in [3.05, 3.63) is 64.7 Å². The van der Waals surface area contributed by atoms with Crippen LogP contribution in [0.4, 0.5) is 18.9 Å². The summed E-state index contributed by atoms with van der Waals surface area (Å²) in [5.74, 6) is -0.408. The van der Waals surface area contributed by atoms with E-state index >= 15 is 0 Å². The van der Waals surface area contributed by atoms with E-state index in [-0.39, 0.29) is 11.9 Å². The highest BCUT2D eigenvalue weighted by Gasteiger charge is 2.45. The van der Waals surface area contributed by atoms with Crippen molar-refractivity contribution in [2.45, 2.75) is 24.6 Å². The quantitative estimate of drug-likeness (QED) is 0.272. The SMILES string of the molecule is C=NC(=NC1(c2ccc(Cl)cc2)CC1)/N=C(\Nc1ccc(C(=O)NCCNC)cc1)OCC(F)(F)F. The summed E-state index contributed by atoms with van der Waals surface area (Å²) in [7, 11) is 1.77. The highest BCUT2D eigenvalue weighted by atomic mass is 35.5. The van der Waals surface area contributed by atoms with E-state index in [4.69, 9.17) is 16.3 Å². The normalized spacial score (nSPS) is 15.2. The van der Waals surface area contributed by atoms with Crippen molar-refractivity contribution in [2.75, 3.05) is 32.1 Å². The molecule has 0 bridgehead atoms. The van der Waals surface area contributed by atoms with Crippen LogP contribution in [0.5, 0.6) is 0 Å². The van der Waals surface area contributed by atoms with E-state index in [2.05, 4.69) is 37.6 Å². The Morgan fingerprint density at radius 1 is 1.11 bits per heavy atom. The van der Waals surface area contributed by atoms with Gasteiger partial charge in [-0.3, -0.25) is 4.79 Å². The number of amidine groups is 1. The summed E-state index contributed by atoms with van der Waals surface area (Å²) in [5, 5.41) is 8.92. The predicted octanol–water partition coefficient (Wildman–Crippen LogP) is 4.38. The third kappa shape index (κ3) is 8.06. The molecule has 0 atom stereocenters. The van der Waals surface area contributed by atoms with E-state index in [0.717, 1.165) is 5.56 Å². The summed E-state index contributed by atoms with van der Waals surface area (Å²) in [5.41, 5.74) is 1.03. The number of amides is 1. The average Bonchev–Trinajstić information content (AvgIpc) is 3.63. The summed E-state index contributed by atoms with van der Waals surface area (Å²) in [6.07, 6.45) is -3.15. The monoisotopic (exact) mass is 522 g/mol. The third-order valence-corrected chi connectivity index (χ3v) is 5.45. The number of halogens is 4. The Balaban J connectivity index is 1.80. The summed E-state index contributed by atoms with van der Waals surface area (Å²) in [6.45, 7) is 2.94. The highest BCUT2D eigenvalue weighted by molar-refractivity contribution is 6.30. The zero-order valence-corrected chi connectivity index (χ0v) is 20.3. The molecular formula is C24H26ClF3N6O2. The van der Waals surface area contributed by atoms with Gasteiger partial charge in [-0.15, -0.1) is 0 Å². The summed E-state index contributed by atoms with van der Waals surface area (Å²) < 4.78 is 43.4. The average molecular weight is 523 g/mol. The number of rotatable bonds is 8. The van der Waals surface area contributed by atoms with Gasteiger partial charge in [0.05, 0.1) is 5.54 Å². The van der Waals surface area contributed by atoms with Gasteiger partial charge in [0.1, 0.15) is 0 Å². The van der Waals surface area contributed by atoms with E-state index in [0.29, 0.717) is 42.2 Å². The number of guanidine groups is 1. The van der Waals surface area contributed by atoms with E-state index < -0.39 is 24.3 Å². The fourth-order valence-corrected chi connectivity index (χ4v) is 3.33. The zero-order valence-electron chi connectivity index (χ0n) is 19.5. The Labute approximate surface area is 211 Å². The van der Waals surface area contributed by atoms with E-state index in [9.17, 15) is 18.0 Å². The van der Waals surface area contributed by atoms with Crippen LogP contribution in [-0.4, -0.2) is 57.5 Å². The fourth-order valence-electron chi connectivity index (χ4n) is 3.20. The van der Waals surface area contributed by atoms with Gasteiger partial charge in [0.15, 0.2) is 6.61 Å². The molecule has 1 fully saturated rings. The maximum absolute atomic E-state index is 12.8. The molecule has 0 spiro atoms. The molecule has 36 heavy (non-hydrogen) atoms. The maximum atomic E-state index is 12.8. The molecule has 1 aliphatic rings. The number of nitrogens with one attached hydrogen (secondary N) is 3. The van der Waals surface area contributed by atoms with E-state index in [1.54, 1.807) is 19.2 Å². The van der Waals surface area contributed by atoms with Gasteiger partial charge in [-0.2, -0.15) is 18.2 Å². The van der Waals surface area contributed by atoms with Crippen LogP contribution in [0.25, 0.3) is 0 Å². The lowest BCUT2D eigenvalue weighted by Crippen LogP contribution is -2.30. The van der Waals surface area contributed by atoms with Crippen molar-refractivity contribution in [1.82, 2.24) is 10.6 Å². The number of anilines is 1. The van der Waals surface area contributed by atoms with Crippen molar-refractivity contribution < 1.29 is 22.7 Å². The Morgan fingerprint density at radius 2 is 1.78 bits per heavy atom. The van der Waals surface area contributed by atoms with Crippen molar-refractivity contribution in [3.63, 3.8) is 0 Å². The van der Waals surface area contributed by atoms with Crippen molar-refractivity contribution >= 4 is 41.9 Å². The number of ether oxygens (including phenoxy) is 1. The second-order valence-corrected chi connectivity index (χ2v) is 8.43. The standard InChI is InChI=1S/C24H26ClF3N6O2/c1-29-13-14-31-20(35)16-3-9-19(10-4-16)32-22(36-15-24(26,27)28)33-21(30-2)34-23(11-12-23)17-5-7-18(25)8-6-17/h3-10,29H,2,11-15H2,1H3,(H,31,35)(H,32,33,34). The molecule has 1 aliphatic carbocycles. The minimum atomic E-state index is -4.59. The van der Waals surface area contributed by atoms with Gasteiger partial charge >= 0.3 is 6.18 Å². The molecule has 0 saturated heterocycles. The lowest BCUT2D eigenvalue weighted by atomic mass is 10.1. The molecular weight excluding hydrogens is 497 g/mol. The molecule has 3 rings (SSSR count). The van der Waals surface area contributed by atoms with Crippen LogP contribution < -0.4 is 16.0 Å². The summed E-state index contributed by atoms with van der Waals surface area (Å²) in [6, 6.07) is 12.8. The van der Waals surface area contributed by atoms with Crippen LogP contribution in [0, 0.1) is 0 Å². The number of hydrogen-bond donors (Lipinski definition) is 3. The Hall–Kier alpha value is -3.44. The van der Waals surface area contributed by atoms with Crippen LogP contribution in [-0.2, 0) is 10.3 Å². The largest absolute Gasteiger partial charge is 0.455 e. The molecule has 192 valence electrons. The van der Waals surface area contributed by atoms with Crippen LogP contribution in [0.1, 0.15) is 28.8 Å². The molecule has 0 radical (unpaired) electrons. The lowest BCUT2D eigenvalue weighted by Gasteiger charge is -2.14. The Kier molecular flexibility index (Phi) is 9.05. The number of nitrogens with zero attached hydrogens (tertiary/aromatic N) is 3. The number of hydrogen-bond acceptors (Lipinski definition) is 4. The number of likely N-dealkylation sites (N-methyl/N-ethyl adjacent to an activating group) is 1. The first-order valence-electron chi connectivity index (χ1n) is 11.0. The second kappa shape index (κ2) is 12.0. The van der Waals surface area contributed by atoms with Crippen LogP contribution in [0.3, 0.4) is 0 Å². The number of alkyl halides is 3. The van der Waals surface area contributed by atoms with Gasteiger partial charge in [0.25, 0.3) is 11.9 Å². The molecule has 0 heterocycles. The molecule has 3 N–H and O–H groups in total. The lowest BCUT2D eigenvalue weighted by molar-refractivity contribution is -0.156. The zero-order chi connectivity index (χ0) is 26.2. The molecule has 2 aromatic rings. The first kappa shape index (κ1) is 27.2. The van der Waals surface area contributed by atoms with Gasteiger partial charge in [0.2, 0.25) is 5.96 Å². The van der Waals surface area contributed by atoms with Gasteiger partial charge in [0, 0.05) is 29.4 Å². The topological polar surface area (TPSA) is 99.5 Å². The highest BCUT2D eigenvalue weighted by Crippen LogP contribution is 2.49. The maximum Gasteiger partial charge on any atom is 0.422 e. The minimum absolute atomic E-state index is 0.132. The number of aliphatic imine (C=N–C) groups is 3. The van der Waals surface area contributed by atoms with Gasteiger partial charge in [-0.25, -0.2) is 9.98 Å². The molecule has 0 aliphatic heterocycles. The summed E-state index contributed by atoms with van der Waals surface area (Å²) in [4.78, 5) is 24.5. The van der Waals surface area contributed by atoms with Crippen molar-refractivity contribution in [2.24, 2.45) is 15.0 Å². The first-order valence-corrected chi connectivity index (χ1v) is 11.4. The second-order valence-electron chi connectivity index (χ2n) is 7.99.